The quantitative estimate of drug-likeness (QED) is 0.814. The van der Waals surface area contributed by atoms with Gasteiger partial charge in [-0.05, 0) is 70.3 Å². The molecule has 0 saturated carbocycles. The van der Waals surface area contributed by atoms with Gasteiger partial charge < -0.3 is 0 Å². The van der Waals surface area contributed by atoms with E-state index in [4.69, 9.17) is 0 Å². The third kappa shape index (κ3) is 4.13. The summed E-state index contributed by atoms with van der Waals surface area (Å²) in [5.74, 6) is -0.0470. The molecule has 1 aromatic carbocycles. The number of nitrogens with zero attached hydrogens (tertiary/aromatic N) is 2. The van der Waals surface area contributed by atoms with Crippen molar-refractivity contribution in [1.29, 1.82) is 0 Å². The van der Waals surface area contributed by atoms with Gasteiger partial charge in [-0.3, -0.25) is 9.80 Å². The van der Waals surface area contributed by atoms with E-state index in [1.165, 1.54) is 45.1 Å². The van der Waals surface area contributed by atoms with Gasteiger partial charge in [0.2, 0.25) is 0 Å². The monoisotopic (exact) mass is 318 g/mol. The number of hydrogen-bond donors (Lipinski definition) is 0. The molecule has 2 aliphatic heterocycles. The van der Waals surface area contributed by atoms with Gasteiger partial charge in [-0.1, -0.05) is 25.5 Å². The normalized spacial score (nSPS) is 24.9. The first-order valence-corrected chi connectivity index (χ1v) is 9.40. The van der Waals surface area contributed by atoms with Crippen LogP contribution in [0.5, 0.6) is 0 Å². The Bertz CT molecular complexity index is 508. The highest BCUT2D eigenvalue weighted by molar-refractivity contribution is 5.23. The molecule has 2 fully saturated rings. The van der Waals surface area contributed by atoms with Crippen LogP contribution in [0.25, 0.3) is 0 Å². The number of rotatable bonds is 4. The number of likely N-dealkylation sites (tertiary alicyclic amines) is 2. The summed E-state index contributed by atoms with van der Waals surface area (Å²) in [6, 6.07) is 7.18. The van der Waals surface area contributed by atoms with Crippen molar-refractivity contribution in [2.75, 3.05) is 19.6 Å². The van der Waals surface area contributed by atoms with Crippen molar-refractivity contribution >= 4 is 0 Å². The topological polar surface area (TPSA) is 6.48 Å². The molecule has 2 aliphatic rings. The molecule has 0 radical (unpaired) electrons. The van der Waals surface area contributed by atoms with E-state index in [2.05, 4.69) is 16.7 Å². The summed E-state index contributed by atoms with van der Waals surface area (Å²) in [4.78, 5) is 5.21. The maximum atomic E-state index is 14.0. The van der Waals surface area contributed by atoms with Gasteiger partial charge in [0.15, 0.2) is 0 Å². The lowest BCUT2D eigenvalue weighted by molar-refractivity contribution is 0.0467. The Kier molecular flexibility index (Phi) is 5.71. The fourth-order valence-corrected chi connectivity index (χ4v) is 4.37. The summed E-state index contributed by atoms with van der Waals surface area (Å²) < 4.78 is 14.0. The zero-order valence-electron chi connectivity index (χ0n) is 14.7. The summed E-state index contributed by atoms with van der Waals surface area (Å²) in [6.07, 6.45) is 7.92. The molecule has 1 aromatic rings. The molecular weight excluding hydrogens is 287 g/mol. The Hall–Kier alpha value is -0.930. The predicted molar refractivity (Wildman–Crippen MR) is 94.1 cm³/mol. The highest BCUT2D eigenvalue weighted by Crippen LogP contribution is 2.27. The van der Waals surface area contributed by atoms with Gasteiger partial charge in [0.1, 0.15) is 5.82 Å². The summed E-state index contributed by atoms with van der Waals surface area (Å²) in [6.45, 7) is 8.53. The smallest absolute Gasteiger partial charge is 0.127 e. The zero-order chi connectivity index (χ0) is 16.2. The van der Waals surface area contributed by atoms with Gasteiger partial charge in [-0.15, -0.1) is 0 Å². The average molecular weight is 318 g/mol. The van der Waals surface area contributed by atoms with Crippen molar-refractivity contribution in [3.63, 3.8) is 0 Å². The van der Waals surface area contributed by atoms with Crippen LogP contribution in [0, 0.1) is 12.7 Å². The van der Waals surface area contributed by atoms with Gasteiger partial charge in [0, 0.05) is 24.2 Å². The molecule has 2 heterocycles. The van der Waals surface area contributed by atoms with E-state index in [9.17, 15) is 4.39 Å². The molecule has 23 heavy (non-hydrogen) atoms. The van der Waals surface area contributed by atoms with Crippen LogP contribution in [0.2, 0.25) is 0 Å². The van der Waals surface area contributed by atoms with Crippen LogP contribution in [-0.4, -0.2) is 41.5 Å². The van der Waals surface area contributed by atoms with E-state index in [0.29, 0.717) is 0 Å². The van der Waals surface area contributed by atoms with Gasteiger partial charge in [-0.2, -0.15) is 0 Å². The maximum Gasteiger partial charge on any atom is 0.127 e. The SMILES string of the molecule is CCC1CCCCN1C1CCN(Cc2ccc(C)cc2F)CC1. The lowest BCUT2D eigenvalue weighted by Gasteiger charge is -2.44. The minimum Gasteiger partial charge on any atom is -0.299 e. The van der Waals surface area contributed by atoms with E-state index in [1.54, 1.807) is 6.07 Å². The van der Waals surface area contributed by atoms with Gasteiger partial charge in [0.05, 0.1) is 0 Å². The molecule has 1 atom stereocenters. The molecule has 0 N–H and O–H groups in total. The number of hydrogen-bond acceptors (Lipinski definition) is 2. The van der Waals surface area contributed by atoms with E-state index < -0.39 is 0 Å². The van der Waals surface area contributed by atoms with Crippen LogP contribution in [0.15, 0.2) is 18.2 Å². The summed E-state index contributed by atoms with van der Waals surface area (Å²) in [7, 11) is 0. The van der Waals surface area contributed by atoms with Crippen LogP contribution in [0.1, 0.15) is 56.6 Å². The summed E-state index contributed by atoms with van der Waals surface area (Å²) in [5, 5.41) is 0. The Morgan fingerprint density at radius 1 is 1.09 bits per heavy atom. The highest BCUT2D eigenvalue weighted by atomic mass is 19.1. The number of halogens is 1. The Morgan fingerprint density at radius 2 is 1.87 bits per heavy atom. The van der Waals surface area contributed by atoms with Gasteiger partial charge in [-0.25, -0.2) is 4.39 Å². The molecule has 2 saturated heterocycles. The third-order valence-electron chi connectivity index (χ3n) is 5.77. The maximum absolute atomic E-state index is 14.0. The molecule has 1 unspecified atom stereocenters. The van der Waals surface area contributed by atoms with Crippen molar-refractivity contribution in [3.05, 3.63) is 35.1 Å². The minimum absolute atomic E-state index is 0.0470. The lowest BCUT2D eigenvalue weighted by atomic mass is 9.93. The molecule has 3 heteroatoms. The molecule has 0 aliphatic carbocycles. The molecule has 0 spiro atoms. The Morgan fingerprint density at radius 3 is 2.57 bits per heavy atom. The molecule has 0 aromatic heterocycles. The number of aryl methyl sites for hydroxylation is 1. The second-order valence-corrected chi connectivity index (χ2v) is 7.40. The van der Waals surface area contributed by atoms with E-state index in [-0.39, 0.29) is 5.82 Å². The zero-order valence-corrected chi connectivity index (χ0v) is 14.7. The predicted octanol–water partition coefficient (Wildman–Crippen LogP) is 4.36. The number of benzene rings is 1. The first kappa shape index (κ1) is 16.9. The van der Waals surface area contributed by atoms with E-state index in [1.807, 2.05) is 19.1 Å². The minimum atomic E-state index is -0.0470. The van der Waals surface area contributed by atoms with Crippen molar-refractivity contribution in [1.82, 2.24) is 9.80 Å². The van der Waals surface area contributed by atoms with Crippen LogP contribution < -0.4 is 0 Å². The van der Waals surface area contributed by atoms with Crippen LogP contribution >= 0.6 is 0 Å². The van der Waals surface area contributed by atoms with E-state index in [0.717, 1.165) is 42.8 Å². The fourth-order valence-electron chi connectivity index (χ4n) is 4.37. The first-order valence-electron chi connectivity index (χ1n) is 9.40. The highest BCUT2D eigenvalue weighted by Gasteiger charge is 2.30. The van der Waals surface area contributed by atoms with Crippen molar-refractivity contribution in [2.45, 2.75) is 71.0 Å². The van der Waals surface area contributed by atoms with Crippen molar-refractivity contribution < 1.29 is 4.39 Å². The standard InChI is InChI=1S/C20H31FN2/c1-3-18-6-4-5-11-23(18)19-9-12-22(13-10-19)15-17-8-7-16(2)14-20(17)21/h7-8,14,18-19H,3-6,9-13,15H2,1-2H3. The van der Waals surface area contributed by atoms with Gasteiger partial charge in [0.25, 0.3) is 0 Å². The summed E-state index contributed by atoms with van der Waals surface area (Å²) >= 11 is 0. The molecule has 3 rings (SSSR count). The second-order valence-electron chi connectivity index (χ2n) is 7.40. The second kappa shape index (κ2) is 7.76. The van der Waals surface area contributed by atoms with Crippen LogP contribution in [-0.2, 0) is 6.54 Å². The van der Waals surface area contributed by atoms with Crippen LogP contribution in [0.4, 0.5) is 4.39 Å². The fraction of sp³-hybridized carbons (Fsp3) is 0.700. The molecular formula is C20H31FN2. The van der Waals surface area contributed by atoms with E-state index >= 15 is 0 Å². The van der Waals surface area contributed by atoms with Crippen LogP contribution in [0.3, 0.4) is 0 Å². The largest absolute Gasteiger partial charge is 0.299 e. The molecule has 128 valence electrons. The third-order valence-corrected chi connectivity index (χ3v) is 5.77. The number of piperidine rings is 2. The first-order chi connectivity index (χ1) is 11.2. The molecule has 2 nitrogen and oxygen atoms in total. The summed E-state index contributed by atoms with van der Waals surface area (Å²) in [5.41, 5.74) is 1.85. The Balaban J connectivity index is 1.53. The molecule has 0 amide bonds. The molecule has 0 bridgehead atoms. The van der Waals surface area contributed by atoms with Crippen molar-refractivity contribution in [2.24, 2.45) is 0 Å². The Labute approximate surface area is 140 Å². The average Bonchev–Trinajstić information content (AvgIpc) is 2.58. The van der Waals surface area contributed by atoms with Gasteiger partial charge >= 0.3 is 0 Å². The van der Waals surface area contributed by atoms with Crippen molar-refractivity contribution in [3.8, 4) is 0 Å². The lowest BCUT2D eigenvalue weighted by Crippen LogP contribution is -2.50.